The van der Waals surface area contributed by atoms with Crippen LogP contribution in [0, 0.1) is 0 Å². The fraction of sp³-hybridized carbons (Fsp3) is 0.600. The molecule has 1 atom stereocenters. The number of hydrogen-bond acceptors (Lipinski definition) is 2. The number of fused-ring (bicyclic) bond motifs is 1. The predicted molar refractivity (Wildman–Crippen MR) is 72.1 cm³/mol. The smallest absolute Gasteiger partial charge is 0.0316 e. The number of nitrogens with two attached hydrogens (primary N) is 1. The van der Waals surface area contributed by atoms with Gasteiger partial charge in [-0.05, 0) is 74.9 Å². The van der Waals surface area contributed by atoms with Crippen LogP contribution in [-0.4, -0.2) is 24.0 Å². The molecule has 0 radical (unpaired) electrons. The highest BCUT2D eigenvalue weighted by atomic mass is 15.2. The van der Waals surface area contributed by atoms with E-state index in [1.54, 1.807) is 0 Å². The van der Waals surface area contributed by atoms with Crippen LogP contribution in [0.4, 0.5) is 5.69 Å². The van der Waals surface area contributed by atoms with Crippen molar-refractivity contribution in [3.8, 4) is 0 Å². The first-order valence-corrected chi connectivity index (χ1v) is 6.94. The summed E-state index contributed by atoms with van der Waals surface area (Å²) in [5.74, 6) is 0. The summed E-state index contributed by atoms with van der Waals surface area (Å²) in [7, 11) is 0. The van der Waals surface area contributed by atoms with Crippen molar-refractivity contribution >= 4 is 5.69 Å². The number of likely N-dealkylation sites (tertiary alicyclic amines) is 1. The molecule has 0 aromatic heterocycles. The van der Waals surface area contributed by atoms with Crippen LogP contribution in [0.3, 0.4) is 0 Å². The third kappa shape index (κ3) is 2.32. The maximum atomic E-state index is 5.88. The molecule has 0 spiro atoms. The predicted octanol–water partition coefficient (Wildman–Crippen LogP) is 2.61. The summed E-state index contributed by atoms with van der Waals surface area (Å²) in [5.41, 5.74) is 9.82. The maximum Gasteiger partial charge on any atom is 0.0316 e. The van der Waals surface area contributed by atoms with E-state index in [1.807, 2.05) is 0 Å². The molecule has 2 nitrogen and oxygen atoms in total. The van der Waals surface area contributed by atoms with E-state index in [9.17, 15) is 0 Å². The van der Waals surface area contributed by atoms with E-state index in [4.69, 9.17) is 5.73 Å². The van der Waals surface area contributed by atoms with Gasteiger partial charge in [0.2, 0.25) is 0 Å². The Morgan fingerprint density at radius 1 is 1.00 bits per heavy atom. The van der Waals surface area contributed by atoms with Crippen LogP contribution in [0.25, 0.3) is 0 Å². The molecule has 1 fully saturated rings. The second kappa shape index (κ2) is 4.69. The summed E-state index contributed by atoms with van der Waals surface area (Å²) in [5, 5.41) is 0. The highest BCUT2D eigenvalue weighted by Crippen LogP contribution is 2.27. The second-order valence-electron chi connectivity index (χ2n) is 5.50. The number of rotatable bonds is 1. The summed E-state index contributed by atoms with van der Waals surface area (Å²) in [6, 6.07) is 7.28. The molecule has 0 unspecified atom stereocenters. The topological polar surface area (TPSA) is 29.3 Å². The Hall–Kier alpha value is -1.02. The summed E-state index contributed by atoms with van der Waals surface area (Å²) in [4.78, 5) is 2.70. The van der Waals surface area contributed by atoms with Crippen molar-refractivity contribution < 1.29 is 0 Å². The first kappa shape index (κ1) is 11.1. The number of hydrogen-bond donors (Lipinski definition) is 1. The van der Waals surface area contributed by atoms with E-state index in [2.05, 4.69) is 23.1 Å². The van der Waals surface area contributed by atoms with Gasteiger partial charge in [0, 0.05) is 11.7 Å². The molecule has 1 aromatic rings. The van der Waals surface area contributed by atoms with Crippen LogP contribution in [0.15, 0.2) is 18.2 Å². The van der Waals surface area contributed by atoms with Crippen molar-refractivity contribution in [2.45, 2.75) is 44.6 Å². The van der Waals surface area contributed by atoms with E-state index < -0.39 is 0 Å². The van der Waals surface area contributed by atoms with Crippen LogP contribution in [-0.2, 0) is 12.8 Å². The van der Waals surface area contributed by atoms with Crippen LogP contribution in [0.2, 0.25) is 0 Å². The zero-order chi connectivity index (χ0) is 11.7. The minimum atomic E-state index is 0.811. The monoisotopic (exact) mass is 230 g/mol. The fourth-order valence-corrected chi connectivity index (χ4v) is 3.38. The number of anilines is 1. The minimum Gasteiger partial charge on any atom is -0.399 e. The van der Waals surface area contributed by atoms with Gasteiger partial charge in [0.05, 0.1) is 0 Å². The molecule has 0 saturated carbocycles. The summed E-state index contributed by atoms with van der Waals surface area (Å²) < 4.78 is 0. The lowest BCUT2D eigenvalue weighted by atomic mass is 10.0. The van der Waals surface area contributed by atoms with Crippen molar-refractivity contribution in [3.63, 3.8) is 0 Å². The zero-order valence-electron chi connectivity index (χ0n) is 10.5. The molecule has 2 N–H and O–H groups in total. The average Bonchev–Trinajstić information content (AvgIpc) is 2.77. The normalized spacial score (nSPS) is 25.5. The van der Waals surface area contributed by atoms with Gasteiger partial charge in [-0.25, -0.2) is 0 Å². The zero-order valence-corrected chi connectivity index (χ0v) is 10.5. The third-order valence-electron chi connectivity index (χ3n) is 4.38. The third-order valence-corrected chi connectivity index (χ3v) is 4.38. The number of aryl methyl sites for hydroxylation is 2. The molecule has 0 amide bonds. The van der Waals surface area contributed by atoms with E-state index in [0.29, 0.717) is 0 Å². The highest BCUT2D eigenvalue weighted by Gasteiger charge is 2.24. The molecule has 2 heteroatoms. The number of nitrogens with zero attached hydrogens (tertiary/aromatic N) is 1. The van der Waals surface area contributed by atoms with Crippen LogP contribution in [0.1, 0.15) is 36.8 Å². The Morgan fingerprint density at radius 2 is 1.71 bits per heavy atom. The largest absolute Gasteiger partial charge is 0.399 e. The van der Waals surface area contributed by atoms with Crippen LogP contribution < -0.4 is 5.73 Å². The molecular formula is C15H22N2. The molecule has 1 heterocycles. The lowest BCUT2D eigenvalue weighted by Gasteiger charge is -2.25. The Bertz CT molecular complexity index is 394. The van der Waals surface area contributed by atoms with Gasteiger partial charge in [-0.3, -0.25) is 0 Å². The Balaban J connectivity index is 1.74. The van der Waals surface area contributed by atoms with Crippen LogP contribution >= 0.6 is 0 Å². The summed E-state index contributed by atoms with van der Waals surface area (Å²) in [6.07, 6.45) is 7.89. The average molecular weight is 230 g/mol. The van der Waals surface area contributed by atoms with Crippen molar-refractivity contribution in [3.05, 3.63) is 29.3 Å². The number of nitrogen functional groups attached to an aromatic ring is 1. The lowest BCUT2D eigenvalue weighted by molar-refractivity contribution is 0.222. The van der Waals surface area contributed by atoms with E-state index in [-0.39, 0.29) is 0 Å². The summed E-state index contributed by atoms with van der Waals surface area (Å²) >= 11 is 0. The molecule has 2 aliphatic rings. The molecular weight excluding hydrogens is 208 g/mol. The Morgan fingerprint density at radius 3 is 2.47 bits per heavy atom. The first-order chi connectivity index (χ1) is 8.33. The fourth-order valence-electron chi connectivity index (χ4n) is 3.38. The van der Waals surface area contributed by atoms with Gasteiger partial charge < -0.3 is 10.6 Å². The van der Waals surface area contributed by atoms with Crippen molar-refractivity contribution in [2.75, 3.05) is 18.8 Å². The van der Waals surface area contributed by atoms with E-state index >= 15 is 0 Å². The molecule has 3 rings (SSSR count). The lowest BCUT2D eigenvalue weighted by Crippen LogP contribution is -2.32. The molecule has 1 aromatic carbocycles. The Labute approximate surface area is 104 Å². The first-order valence-electron chi connectivity index (χ1n) is 6.94. The van der Waals surface area contributed by atoms with Crippen molar-refractivity contribution in [2.24, 2.45) is 0 Å². The van der Waals surface area contributed by atoms with E-state index in [0.717, 1.165) is 11.7 Å². The molecule has 1 aliphatic carbocycles. The molecule has 1 aliphatic heterocycles. The van der Waals surface area contributed by atoms with Gasteiger partial charge in [-0.2, -0.15) is 0 Å². The maximum absolute atomic E-state index is 5.88. The van der Waals surface area contributed by atoms with Gasteiger partial charge in [0.25, 0.3) is 0 Å². The van der Waals surface area contributed by atoms with Gasteiger partial charge in [0.15, 0.2) is 0 Å². The van der Waals surface area contributed by atoms with E-state index in [1.165, 1.54) is 62.7 Å². The van der Waals surface area contributed by atoms with Gasteiger partial charge in [-0.15, -0.1) is 0 Å². The molecule has 0 bridgehead atoms. The standard InChI is InChI=1S/C15H22N2/c16-14-6-3-12-4-7-15(8-5-13(12)11-14)17-9-1-2-10-17/h3,6,11,15H,1-2,4-5,7-10,16H2/t15-/m0/s1. The molecule has 92 valence electrons. The minimum absolute atomic E-state index is 0.811. The van der Waals surface area contributed by atoms with Crippen LogP contribution in [0.5, 0.6) is 0 Å². The van der Waals surface area contributed by atoms with Gasteiger partial charge in [-0.1, -0.05) is 6.07 Å². The number of benzene rings is 1. The van der Waals surface area contributed by atoms with Crippen molar-refractivity contribution in [1.29, 1.82) is 0 Å². The van der Waals surface area contributed by atoms with Gasteiger partial charge in [0.1, 0.15) is 0 Å². The molecule has 17 heavy (non-hydrogen) atoms. The van der Waals surface area contributed by atoms with Gasteiger partial charge >= 0.3 is 0 Å². The molecule has 1 saturated heterocycles. The summed E-state index contributed by atoms with van der Waals surface area (Å²) in [6.45, 7) is 2.65. The quantitative estimate of drug-likeness (QED) is 0.593. The van der Waals surface area contributed by atoms with Crippen molar-refractivity contribution in [1.82, 2.24) is 4.90 Å². The Kier molecular flexibility index (Phi) is 3.06. The SMILES string of the molecule is Nc1ccc2c(c1)CC[C@@H](N1CCCC1)CC2. The highest BCUT2D eigenvalue weighted by molar-refractivity contribution is 5.45. The second-order valence-corrected chi connectivity index (χ2v) is 5.50.